The average molecular weight is 425 g/mol. The van der Waals surface area contributed by atoms with Gasteiger partial charge in [-0.15, -0.1) is 0 Å². The minimum absolute atomic E-state index is 0.108. The first-order valence-electron chi connectivity index (χ1n) is 9.12. The number of methoxy groups -OCH3 is 2. The highest BCUT2D eigenvalue weighted by atomic mass is 35.5. The lowest BCUT2D eigenvalue weighted by molar-refractivity contribution is -0.118. The Balaban J connectivity index is 1.56. The number of anilines is 1. The predicted octanol–water partition coefficient (Wildman–Crippen LogP) is 5.13. The first-order valence-corrected chi connectivity index (χ1v) is 9.49. The number of hydrogen-bond acceptors (Lipinski definition) is 5. The molecule has 7 heteroatoms. The summed E-state index contributed by atoms with van der Waals surface area (Å²) < 4.78 is 16.1. The molecule has 1 amide bonds. The summed E-state index contributed by atoms with van der Waals surface area (Å²) in [5, 5.41) is 3.29. The first-order chi connectivity index (χ1) is 14.6. The molecule has 0 spiro atoms. The van der Waals surface area contributed by atoms with E-state index in [-0.39, 0.29) is 12.5 Å². The number of hydrogen-bond donors (Lipinski definition) is 1. The standard InChI is InChI=1S/C23H21ClN2O4/c1-28-20-10-11-21(22(13-20)29-2)25-14-16-6-8-19(9-7-16)30-15-23(27)26-18-5-3-4-17(24)12-18/h3-14H,15H2,1-2H3,(H,26,27). The smallest absolute Gasteiger partial charge is 0.262 e. The molecular weight excluding hydrogens is 404 g/mol. The highest BCUT2D eigenvalue weighted by molar-refractivity contribution is 6.30. The van der Waals surface area contributed by atoms with Crippen molar-refractivity contribution in [2.75, 3.05) is 26.1 Å². The van der Waals surface area contributed by atoms with Crippen LogP contribution in [0.25, 0.3) is 0 Å². The van der Waals surface area contributed by atoms with Gasteiger partial charge in [0.25, 0.3) is 5.91 Å². The summed E-state index contributed by atoms with van der Waals surface area (Å²) in [7, 11) is 3.19. The van der Waals surface area contributed by atoms with E-state index in [1.165, 1.54) is 0 Å². The quantitative estimate of drug-likeness (QED) is 0.509. The molecule has 0 fully saturated rings. The number of nitrogens with zero attached hydrogens (tertiary/aromatic N) is 1. The van der Waals surface area contributed by atoms with Gasteiger partial charge in [0, 0.05) is 23.0 Å². The van der Waals surface area contributed by atoms with E-state index in [0.29, 0.717) is 33.6 Å². The first kappa shape index (κ1) is 21.2. The molecule has 3 aromatic carbocycles. The van der Waals surface area contributed by atoms with Crippen LogP contribution in [0.3, 0.4) is 0 Å². The van der Waals surface area contributed by atoms with Gasteiger partial charge in [0.2, 0.25) is 0 Å². The highest BCUT2D eigenvalue weighted by Crippen LogP contribution is 2.31. The Labute approximate surface area is 180 Å². The number of halogens is 1. The molecule has 6 nitrogen and oxygen atoms in total. The maximum atomic E-state index is 12.0. The van der Waals surface area contributed by atoms with E-state index < -0.39 is 0 Å². The van der Waals surface area contributed by atoms with Crippen LogP contribution in [0.2, 0.25) is 5.02 Å². The lowest BCUT2D eigenvalue weighted by Crippen LogP contribution is -2.20. The van der Waals surface area contributed by atoms with E-state index in [2.05, 4.69) is 10.3 Å². The fourth-order valence-electron chi connectivity index (χ4n) is 2.60. The molecule has 0 bridgehead atoms. The van der Waals surface area contributed by atoms with Crippen molar-refractivity contribution in [3.63, 3.8) is 0 Å². The number of carbonyl (C=O) groups excluding carboxylic acids is 1. The van der Waals surface area contributed by atoms with Gasteiger partial charge < -0.3 is 19.5 Å². The van der Waals surface area contributed by atoms with Crippen molar-refractivity contribution in [3.05, 3.63) is 77.3 Å². The summed E-state index contributed by atoms with van der Waals surface area (Å²) in [6.07, 6.45) is 1.72. The lowest BCUT2D eigenvalue weighted by atomic mass is 10.2. The van der Waals surface area contributed by atoms with Crippen LogP contribution >= 0.6 is 11.6 Å². The molecule has 0 atom stereocenters. The number of benzene rings is 3. The van der Waals surface area contributed by atoms with Gasteiger partial charge in [-0.1, -0.05) is 17.7 Å². The molecule has 3 rings (SSSR count). The van der Waals surface area contributed by atoms with E-state index in [1.807, 2.05) is 24.3 Å². The molecule has 0 unspecified atom stereocenters. The van der Waals surface area contributed by atoms with Crippen molar-refractivity contribution < 1.29 is 19.0 Å². The summed E-state index contributed by atoms with van der Waals surface area (Å²) in [6, 6.07) is 19.6. The zero-order valence-corrected chi connectivity index (χ0v) is 17.3. The number of amides is 1. The molecule has 0 aliphatic heterocycles. The number of aliphatic imine (C=N–C) groups is 1. The third kappa shape index (κ3) is 5.99. The minimum atomic E-state index is -0.269. The molecule has 1 N–H and O–H groups in total. The summed E-state index contributed by atoms with van der Waals surface area (Å²) in [5.41, 5.74) is 2.19. The normalized spacial score (nSPS) is 10.6. The Kier molecular flexibility index (Phi) is 7.29. The summed E-state index contributed by atoms with van der Waals surface area (Å²) in [5.74, 6) is 1.63. The molecule has 0 saturated carbocycles. The van der Waals surface area contributed by atoms with E-state index in [1.54, 1.807) is 62.9 Å². The average Bonchev–Trinajstić information content (AvgIpc) is 2.77. The third-order valence-electron chi connectivity index (χ3n) is 4.10. The van der Waals surface area contributed by atoms with Crippen LogP contribution in [0.4, 0.5) is 11.4 Å². The SMILES string of the molecule is COc1ccc(N=Cc2ccc(OCC(=O)Nc3cccc(Cl)c3)cc2)c(OC)c1. The molecule has 30 heavy (non-hydrogen) atoms. The minimum Gasteiger partial charge on any atom is -0.497 e. The second-order valence-corrected chi connectivity index (χ2v) is 6.65. The van der Waals surface area contributed by atoms with Gasteiger partial charge in [0.15, 0.2) is 6.61 Å². The second kappa shape index (κ2) is 10.3. The van der Waals surface area contributed by atoms with Crippen LogP contribution in [0, 0.1) is 0 Å². The van der Waals surface area contributed by atoms with E-state index in [0.717, 1.165) is 5.56 Å². The lowest BCUT2D eigenvalue weighted by Gasteiger charge is -2.08. The maximum absolute atomic E-state index is 12.0. The van der Waals surface area contributed by atoms with Gasteiger partial charge in [0.05, 0.1) is 14.2 Å². The topological polar surface area (TPSA) is 69.2 Å². The van der Waals surface area contributed by atoms with Crippen molar-refractivity contribution in [1.29, 1.82) is 0 Å². The van der Waals surface area contributed by atoms with Crippen LogP contribution in [-0.4, -0.2) is 32.9 Å². The Bertz CT molecular complexity index is 1040. The highest BCUT2D eigenvalue weighted by Gasteiger charge is 2.05. The predicted molar refractivity (Wildman–Crippen MR) is 119 cm³/mol. The van der Waals surface area contributed by atoms with Crippen LogP contribution in [-0.2, 0) is 4.79 Å². The molecule has 0 saturated heterocycles. The van der Waals surface area contributed by atoms with Crippen LogP contribution < -0.4 is 19.5 Å². The molecular formula is C23H21ClN2O4. The third-order valence-corrected chi connectivity index (χ3v) is 4.33. The monoisotopic (exact) mass is 424 g/mol. The molecule has 154 valence electrons. The fraction of sp³-hybridized carbons (Fsp3) is 0.130. The number of carbonyl (C=O) groups is 1. The second-order valence-electron chi connectivity index (χ2n) is 6.21. The van der Waals surface area contributed by atoms with Crippen molar-refractivity contribution in [1.82, 2.24) is 0 Å². The zero-order valence-electron chi connectivity index (χ0n) is 16.6. The van der Waals surface area contributed by atoms with Crippen LogP contribution in [0.15, 0.2) is 71.7 Å². The largest absolute Gasteiger partial charge is 0.497 e. The molecule has 3 aromatic rings. The summed E-state index contributed by atoms with van der Waals surface area (Å²) in [6.45, 7) is -0.108. The Morgan fingerprint density at radius 2 is 1.77 bits per heavy atom. The van der Waals surface area contributed by atoms with Crippen molar-refractivity contribution in [2.24, 2.45) is 4.99 Å². The summed E-state index contributed by atoms with van der Waals surface area (Å²) in [4.78, 5) is 16.5. The number of rotatable bonds is 8. The molecule has 0 aliphatic rings. The number of ether oxygens (including phenoxy) is 3. The Hall–Kier alpha value is -3.51. The molecule has 0 aromatic heterocycles. The Morgan fingerprint density at radius 3 is 2.47 bits per heavy atom. The van der Waals surface area contributed by atoms with Gasteiger partial charge in [-0.05, 0) is 60.2 Å². The van der Waals surface area contributed by atoms with Gasteiger partial charge in [-0.3, -0.25) is 9.79 Å². The van der Waals surface area contributed by atoms with Gasteiger partial charge >= 0.3 is 0 Å². The Morgan fingerprint density at radius 1 is 1.00 bits per heavy atom. The molecule has 0 aliphatic carbocycles. The van der Waals surface area contributed by atoms with Gasteiger partial charge in [0.1, 0.15) is 22.9 Å². The van der Waals surface area contributed by atoms with Crippen molar-refractivity contribution in [3.8, 4) is 17.2 Å². The van der Waals surface area contributed by atoms with Gasteiger partial charge in [-0.2, -0.15) is 0 Å². The van der Waals surface area contributed by atoms with Gasteiger partial charge in [-0.25, -0.2) is 0 Å². The van der Waals surface area contributed by atoms with E-state index in [9.17, 15) is 4.79 Å². The molecule has 0 heterocycles. The van der Waals surface area contributed by atoms with E-state index >= 15 is 0 Å². The van der Waals surface area contributed by atoms with Crippen LogP contribution in [0.5, 0.6) is 17.2 Å². The van der Waals surface area contributed by atoms with E-state index in [4.69, 9.17) is 25.8 Å². The van der Waals surface area contributed by atoms with Crippen LogP contribution in [0.1, 0.15) is 5.56 Å². The van der Waals surface area contributed by atoms with Crippen molar-refractivity contribution in [2.45, 2.75) is 0 Å². The zero-order chi connectivity index (χ0) is 21.3. The maximum Gasteiger partial charge on any atom is 0.262 e. The number of nitrogens with one attached hydrogen (secondary N) is 1. The molecule has 0 radical (unpaired) electrons. The van der Waals surface area contributed by atoms with Crippen molar-refractivity contribution >= 4 is 35.1 Å². The fourth-order valence-corrected chi connectivity index (χ4v) is 2.79. The summed E-state index contributed by atoms with van der Waals surface area (Å²) >= 11 is 5.91.